The average Bonchev–Trinajstić information content (AvgIpc) is 3.10. The van der Waals surface area contributed by atoms with Gasteiger partial charge in [-0.05, 0) is 41.1 Å². The third kappa shape index (κ3) is 4.13. The first-order chi connectivity index (χ1) is 12.2. The van der Waals surface area contributed by atoms with Crippen LogP contribution in [0, 0.1) is 5.82 Å². The number of hydrogen-bond acceptors (Lipinski definition) is 6. The largest absolute Gasteiger partial charge is 0.383 e. The first kappa shape index (κ1) is 17.8. The van der Waals surface area contributed by atoms with E-state index in [0.717, 1.165) is 44.1 Å². The highest BCUT2D eigenvalue weighted by atomic mass is 19.1. The lowest BCUT2D eigenvalue weighted by atomic mass is 10.1. The van der Waals surface area contributed by atoms with Gasteiger partial charge in [0.05, 0.1) is 19.2 Å². The van der Waals surface area contributed by atoms with Crippen molar-refractivity contribution in [2.24, 2.45) is 0 Å². The van der Waals surface area contributed by atoms with Crippen molar-refractivity contribution in [3.63, 3.8) is 0 Å². The fourth-order valence-corrected chi connectivity index (χ4v) is 3.34. The number of tetrazole rings is 1. The predicted octanol–water partition coefficient (Wildman–Crippen LogP) is 1.73. The number of hydrogen-bond donors (Lipinski definition) is 0. The number of benzene rings is 1. The monoisotopic (exact) mass is 348 g/mol. The van der Waals surface area contributed by atoms with E-state index in [9.17, 15) is 4.39 Å². The van der Waals surface area contributed by atoms with Crippen molar-refractivity contribution in [1.82, 2.24) is 25.1 Å². The molecule has 0 N–H and O–H groups in total. The summed E-state index contributed by atoms with van der Waals surface area (Å²) in [6.45, 7) is 7.06. The minimum atomic E-state index is -0.198. The molecule has 8 heteroatoms. The molecule has 2 heterocycles. The van der Waals surface area contributed by atoms with Crippen molar-refractivity contribution in [1.29, 1.82) is 0 Å². The summed E-state index contributed by atoms with van der Waals surface area (Å²) in [6.07, 6.45) is 0.948. The lowest BCUT2D eigenvalue weighted by Gasteiger charge is -2.39. The second-order valence-electron chi connectivity index (χ2n) is 6.18. The molecular formula is C17H25FN6O. The molecule has 0 saturated carbocycles. The third-order valence-corrected chi connectivity index (χ3v) is 4.70. The van der Waals surface area contributed by atoms with Crippen LogP contribution in [0.3, 0.4) is 0 Å². The van der Waals surface area contributed by atoms with Gasteiger partial charge >= 0.3 is 0 Å². The molecule has 1 atom stereocenters. The molecular weight excluding hydrogens is 323 g/mol. The van der Waals surface area contributed by atoms with E-state index in [1.165, 1.54) is 12.1 Å². The summed E-state index contributed by atoms with van der Waals surface area (Å²) in [5, 5.41) is 12.2. The zero-order chi connectivity index (χ0) is 17.6. The first-order valence-electron chi connectivity index (χ1n) is 8.72. The van der Waals surface area contributed by atoms with Crippen LogP contribution in [0.5, 0.6) is 0 Å². The molecule has 0 unspecified atom stereocenters. The quantitative estimate of drug-likeness (QED) is 0.760. The van der Waals surface area contributed by atoms with E-state index in [4.69, 9.17) is 4.74 Å². The van der Waals surface area contributed by atoms with Crippen LogP contribution in [0.25, 0.3) is 0 Å². The van der Waals surface area contributed by atoms with Gasteiger partial charge in [-0.15, -0.1) is 5.10 Å². The van der Waals surface area contributed by atoms with E-state index < -0.39 is 0 Å². The summed E-state index contributed by atoms with van der Waals surface area (Å²) in [7, 11) is 1.68. The lowest BCUT2D eigenvalue weighted by molar-refractivity contribution is 0.157. The van der Waals surface area contributed by atoms with Crippen LogP contribution >= 0.6 is 0 Å². The number of methoxy groups -OCH3 is 1. The Morgan fingerprint density at radius 3 is 2.52 bits per heavy atom. The van der Waals surface area contributed by atoms with Crippen molar-refractivity contribution >= 4 is 5.69 Å². The number of nitrogens with zero attached hydrogens (tertiary/aromatic N) is 6. The van der Waals surface area contributed by atoms with Gasteiger partial charge in [0.1, 0.15) is 5.82 Å². The average molecular weight is 348 g/mol. The maximum atomic E-state index is 13.1. The number of piperazine rings is 1. The Balaban J connectivity index is 1.64. The van der Waals surface area contributed by atoms with Crippen molar-refractivity contribution in [2.75, 3.05) is 44.8 Å². The van der Waals surface area contributed by atoms with Crippen LogP contribution < -0.4 is 4.90 Å². The Morgan fingerprint density at radius 2 is 1.88 bits per heavy atom. The topological polar surface area (TPSA) is 59.3 Å². The normalized spacial score (nSPS) is 17.0. The molecule has 1 aromatic carbocycles. The Hall–Kier alpha value is -2.06. The molecule has 1 aromatic heterocycles. The minimum absolute atomic E-state index is 0.197. The van der Waals surface area contributed by atoms with Gasteiger partial charge in [-0.25, -0.2) is 9.07 Å². The SMILES string of the molecule is CC[C@H](c1nnnn1CCOC)N1CCN(c2ccc(F)cc2)CC1. The van der Waals surface area contributed by atoms with E-state index in [-0.39, 0.29) is 11.9 Å². The van der Waals surface area contributed by atoms with E-state index >= 15 is 0 Å². The van der Waals surface area contributed by atoms with Crippen molar-refractivity contribution < 1.29 is 9.13 Å². The van der Waals surface area contributed by atoms with Crippen LogP contribution in [0.1, 0.15) is 25.2 Å². The molecule has 0 bridgehead atoms. The van der Waals surface area contributed by atoms with Gasteiger partial charge in [0, 0.05) is 39.0 Å². The van der Waals surface area contributed by atoms with Crippen LogP contribution in [0.15, 0.2) is 24.3 Å². The standard InChI is InChI=1S/C17H25FN6O/c1-3-16(17-19-20-21-24(17)12-13-25-2)23-10-8-22(9-11-23)15-6-4-14(18)5-7-15/h4-7,16H,3,8-13H2,1-2H3/t16-/m1/s1. The Kier molecular flexibility index (Phi) is 5.93. The summed E-state index contributed by atoms with van der Waals surface area (Å²) in [5.74, 6) is 0.700. The Bertz CT molecular complexity index is 653. The summed E-state index contributed by atoms with van der Waals surface area (Å²) in [6, 6.07) is 6.91. The zero-order valence-corrected chi connectivity index (χ0v) is 14.8. The Labute approximate surface area is 147 Å². The molecule has 0 amide bonds. The molecule has 1 saturated heterocycles. The first-order valence-corrected chi connectivity index (χ1v) is 8.72. The molecule has 3 rings (SSSR count). The molecule has 1 fully saturated rings. The second kappa shape index (κ2) is 8.35. The molecule has 1 aliphatic rings. The van der Waals surface area contributed by atoms with Gasteiger partial charge in [0.15, 0.2) is 5.82 Å². The number of ether oxygens (including phenoxy) is 1. The van der Waals surface area contributed by atoms with Gasteiger partial charge in [0.25, 0.3) is 0 Å². The zero-order valence-electron chi connectivity index (χ0n) is 14.8. The molecule has 136 valence electrons. The van der Waals surface area contributed by atoms with Crippen molar-refractivity contribution in [2.45, 2.75) is 25.9 Å². The number of rotatable bonds is 7. The van der Waals surface area contributed by atoms with Crippen LogP contribution in [0.2, 0.25) is 0 Å². The van der Waals surface area contributed by atoms with Crippen molar-refractivity contribution in [3.05, 3.63) is 35.9 Å². The van der Waals surface area contributed by atoms with Crippen LogP contribution in [-0.2, 0) is 11.3 Å². The maximum absolute atomic E-state index is 13.1. The number of halogens is 1. The van der Waals surface area contributed by atoms with E-state index in [0.29, 0.717) is 13.2 Å². The van der Waals surface area contributed by atoms with E-state index in [1.807, 2.05) is 16.8 Å². The highest BCUT2D eigenvalue weighted by Gasteiger charge is 2.27. The fourth-order valence-electron chi connectivity index (χ4n) is 3.34. The summed E-state index contributed by atoms with van der Waals surface area (Å²) >= 11 is 0. The highest BCUT2D eigenvalue weighted by molar-refractivity contribution is 5.46. The van der Waals surface area contributed by atoms with Gasteiger partial charge in [-0.2, -0.15) is 0 Å². The molecule has 0 radical (unpaired) electrons. The summed E-state index contributed by atoms with van der Waals surface area (Å²) < 4.78 is 20.1. The summed E-state index contributed by atoms with van der Waals surface area (Å²) in [4.78, 5) is 4.71. The van der Waals surface area contributed by atoms with Gasteiger partial charge in [-0.3, -0.25) is 4.90 Å². The minimum Gasteiger partial charge on any atom is -0.383 e. The van der Waals surface area contributed by atoms with Gasteiger partial charge in [0.2, 0.25) is 0 Å². The van der Waals surface area contributed by atoms with Crippen molar-refractivity contribution in [3.8, 4) is 0 Å². The molecule has 1 aliphatic heterocycles. The summed E-state index contributed by atoms with van der Waals surface area (Å²) in [5.41, 5.74) is 1.07. The van der Waals surface area contributed by atoms with Gasteiger partial charge < -0.3 is 9.64 Å². The molecule has 25 heavy (non-hydrogen) atoms. The number of aromatic nitrogens is 4. The molecule has 2 aromatic rings. The highest BCUT2D eigenvalue weighted by Crippen LogP contribution is 2.25. The fraction of sp³-hybridized carbons (Fsp3) is 0.588. The lowest BCUT2D eigenvalue weighted by Crippen LogP contribution is -2.48. The smallest absolute Gasteiger partial charge is 0.168 e. The molecule has 0 spiro atoms. The second-order valence-corrected chi connectivity index (χ2v) is 6.18. The Morgan fingerprint density at radius 1 is 1.16 bits per heavy atom. The molecule has 0 aliphatic carbocycles. The number of anilines is 1. The van der Waals surface area contributed by atoms with E-state index in [2.05, 4.69) is 32.2 Å². The molecule has 7 nitrogen and oxygen atoms in total. The van der Waals surface area contributed by atoms with Crippen LogP contribution in [-0.4, -0.2) is 65.0 Å². The predicted molar refractivity (Wildman–Crippen MR) is 92.9 cm³/mol. The van der Waals surface area contributed by atoms with Crippen LogP contribution in [0.4, 0.5) is 10.1 Å². The van der Waals surface area contributed by atoms with Gasteiger partial charge in [-0.1, -0.05) is 6.92 Å². The third-order valence-electron chi connectivity index (χ3n) is 4.70. The van der Waals surface area contributed by atoms with E-state index in [1.54, 1.807) is 7.11 Å². The maximum Gasteiger partial charge on any atom is 0.168 e.